The molecule has 0 amide bonds. The van der Waals surface area contributed by atoms with E-state index in [9.17, 15) is 19.2 Å². The first-order chi connectivity index (χ1) is 12.9. The van der Waals surface area contributed by atoms with Gasteiger partial charge < -0.3 is 23.7 Å². The third-order valence-electron chi connectivity index (χ3n) is 2.76. The van der Waals surface area contributed by atoms with Crippen molar-refractivity contribution in [3.05, 3.63) is 0 Å². The van der Waals surface area contributed by atoms with Crippen LogP contribution in [0.3, 0.4) is 0 Å². The third kappa shape index (κ3) is 6.23. The van der Waals surface area contributed by atoms with Crippen molar-refractivity contribution in [2.45, 2.75) is 52.0 Å². The molecular formula is C14H20O9. The van der Waals surface area contributed by atoms with Gasteiger partial charge in [-0.2, -0.15) is 0 Å². The van der Waals surface area contributed by atoms with Gasteiger partial charge in [-0.05, 0) is 0 Å². The van der Waals surface area contributed by atoms with Crippen LogP contribution in [0.2, 0.25) is 0 Å². The highest BCUT2D eigenvalue weighted by Gasteiger charge is 2.47. The van der Waals surface area contributed by atoms with Crippen molar-refractivity contribution in [3.63, 3.8) is 0 Å². The van der Waals surface area contributed by atoms with E-state index in [1.807, 2.05) is 0 Å². The number of carbonyl (C=O) groups excluding carboxylic acids is 4. The van der Waals surface area contributed by atoms with Crippen molar-refractivity contribution in [1.29, 1.82) is 0 Å². The highest BCUT2D eigenvalue weighted by atomic mass is 16.7. The van der Waals surface area contributed by atoms with Crippen LogP contribution in [-0.4, -0.2) is 61.5 Å². The first kappa shape index (κ1) is 13.3. The lowest BCUT2D eigenvalue weighted by Gasteiger charge is -2.40. The Hall–Kier alpha value is -2.16. The Balaban J connectivity index is 3.05. The molecule has 23 heavy (non-hydrogen) atoms. The van der Waals surface area contributed by atoms with Crippen molar-refractivity contribution >= 4 is 23.9 Å². The maximum Gasteiger partial charge on any atom is 0.303 e. The first-order valence-electron chi connectivity index (χ1n) is 9.21. The molecule has 0 bridgehead atoms. The average molecular weight is 336 g/mol. The number of hydrogen-bond acceptors (Lipinski definition) is 9. The number of hydrogen-bond donors (Lipinski definition) is 0. The summed E-state index contributed by atoms with van der Waals surface area (Å²) in [6.07, 6.45) is -5.13. The van der Waals surface area contributed by atoms with Crippen LogP contribution in [0.4, 0.5) is 0 Å². The molecule has 1 saturated heterocycles. The lowest BCUT2D eigenvalue weighted by Crippen LogP contribution is -2.58. The monoisotopic (exact) mass is 336 g/mol. The van der Waals surface area contributed by atoms with Crippen molar-refractivity contribution in [2.24, 2.45) is 0 Å². The predicted molar refractivity (Wildman–Crippen MR) is 73.0 cm³/mol. The highest BCUT2D eigenvalue weighted by Crippen LogP contribution is 2.24. The molecule has 1 heterocycles. The summed E-state index contributed by atoms with van der Waals surface area (Å²) in [5, 5.41) is 0. The van der Waals surface area contributed by atoms with E-state index < -0.39 is 82.5 Å². The van der Waals surface area contributed by atoms with E-state index >= 15 is 0 Å². The van der Waals surface area contributed by atoms with Crippen molar-refractivity contribution in [1.82, 2.24) is 0 Å². The number of rotatable bonds is 5. The van der Waals surface area contributed by atoms with Crippen molar-refractivity contribution in [2.75, 3.05) is 13.2 Å². The summed E-state index contributed by atoms with van der Waals surface area (Å²) in [6, 6.07) is 0. The standard InChI is InChI=1S/C14H20O9/c1-7(15)19-5-11-13(22-9(3)17)14(23-10(4)18)12(6-20-11)21-8(2)16/h11-14H,5-6H2,1-4H3/t11-,12+,13-,14-/m1/s1/i1D,2D,3D,4D. The molecule has 0 unspecified atom stereocenters. The second kappa shape index (κ2) is 8.47. The predicted octanol–water partition coefficient (Wildman–Crippen LogP) is -0.257. The van der Waals surface area contributed by atoms with Crippen molar-refractivity contribution in [3.8, 4) is 0 Å². The van der Waals surface area contributed by atoms with Crippen LogP contribution in [0, 0.1) is 0 Å². The zero-order chi connectivity index (χ0) is 20.4. The van der Waals surface area contributed by atoms with Crippen LogP contribution in [0.25, 0.3) is 0 Å². The van der Waals surface area contributed by atoms with Crippen LogP contribution in [-0.2, 0) is 42.9 Å². The fourth-order valence-electron chi connectivity index (χ4n) is 2.01. The van der Waals surface area contributed by atoms with E-state index in [2.05, 4.69) is 0 Å². The van der Waals surface area contributed by atoms with E-state index in [0.717, 1.165) is 0 Å². The van der Waals surface area contributed by atoms with E-state index in [0.29, 0.717) is 0 Å². The van der Waals surface area contributed by atoms with E-state index in [1.54, 1.807) is 0 Å². The van der Waals surface area contributed by atoms with Crippen LogP contribution in [0.5, 0.6) is 0 Å². The van der Waals surface area contributed by atoms with Gasteiger partial charge in [0.25, 0.3) is 0 Å². The van der Waals surface area contributed by atoms with Crippen LogP contribution < -0.4 is 0 Å². The van der Waals surface area contributed by atoms with Gasteiger partial charge >= 0.3 is 23.9 Å². The van der Waals surface area contributed by atoms with Crippen molar-refractivity contribution < 1.29 is 48.3 Å². The molecule has 0 aromatic carbocycles. The Labute approximate surface area is 138 Å². The Bertz CT molecular complexity index is 545. The van der Waals surface area contributed by atoms with Crippen LogP contribution in [0.1, 0.15) is 33.1 Å². The molecule has 0 radical (unpaired) electrons. The fourth-order valence-corrected chi connectivity index (χ4v) is 2.01. The number of esters is 4. The summed E-state index contributed by atoms with van der Waals surface area (Å²) in [7, 11) is 0. The van der Waals surface area contributed by atoms with Gasteiger partial charge in [0.15, 0.2) is 18.3 Å². The summed E-state index contributed by atoms with van der Waals surface area (Å²) in [5.74, 6) is -3.81. The molecule has 0 N–H and O–H groups in total. The SMILES string of the molecule is [2H]CC(=O)OC[C@H]1OC[C@H](OC(=O)C[2H])[C@@H](OC(=O)C[2H])[C@@H]1OC(=O)C[2H]. The minimum absolute atomic E-state index is 0.320. The molecule has 0 saturated carbocycles. The molecule has 0 spiro atoms. The maximum atomic E-state index is 11.6. The number of carbonyl (C=O) groups is 4. The summed E-state index contributed by atoms with van der Waals surface area (Å²) >= 11 is 0. The van der Waals surface area contributed by atoms with Gasteiger partial charge in [0.1, 0.15) is 12.7 Å². The second-order valence-corrected chi connectivity index (χ2v) is 4.49. The topological polar surface area (TPSA) is 114 Å². The van der Waals surface area contributed by atoms with Gasteiger partial charge in [-0.25, -0.2) is 0 Å². The van der Waals surface area contributed by atoms with Gasteiger partial charge in [-0.1, -0.05) is 0 Å². The van der Waals surface area contributed by atoms with E-state index in [4.69, 9.17) is 29.2 Å². The molecule has 0 aromatic heterocycles. The Morgan fingerprint density at radius 1 is 0.913 bits per heavy atom. The summed E-state index contributed by atoms with van der Waals surface area (Å²) < 4.78 is 53.3. The summed E-state index contributed by atoms with van der Waals surface area (Å²) in [5.41, 5.74) is 0. The lowest BCUT2D eigenvalue weighted by molar-refractivity contribution is -0.231. The smallest absolute Gasteiger partial charge is 0.303 e. The Morgan fingerprint density at radius 3 is 2.09 bits per heavy atom. The molecule has 1 rings (SSSR count). The zero-order valence-electron chi connectivity index (χ0n) is 16.2. The minimum Gasteiger partial charge on any atom is -0.463 e. The largest absolute Gasteiger partial charge is 0.463 e. The molecular weight excluding hydrogens is 312 g/mol. The molecule has 0 aromatic rings. The summed E-state index contributed by atoms with van der Waals surface area (Å²) in [4.78, 5) is 45.8. The lowest BCUT2D eigenvalue weighted by atomic mass is 9.99. The molecule has 9 heteroatoms. The van der Waals surface area contributed by atoms with Gasteiger partial charge in [0.05, 0.1) is 6.61 Å². The normalized spacial score (nSPS) is 29.0. The molecule has 1 fully saturated rings. The fraction of sp³-hybridized carbons (Fsp3) is 0.714. The van der Waals surface area contributed by atoms with Gasteiger partial charge in [-0.3, -0.25) is 19.2 Å². The second-order valence-electron chi connectivity index (χ2n) is 4.49. The molecule has 0 aliphatic carbocycles. The Kier molecular flexibility index (Phi) is 4.89. The highest BCUT2D eigenvalue weighted by molar-refractivity contribution is 5.68. The molecule has 4 atom stereocenters. The summed E-state index contributed by atoms with van der Waals surface area (Å²) in [6.45, 7) is -3.64. The molecule has 1 aliphatic rings. The first-order valence-corrected chi connectivity index (χ1v) is 6.38. The third-order valence-corrected chi connectivity index (χ3v) is 2.76. The quantitative estimate of drug-likeness (QED) is 0.495. The Morgan fingerprint density at radius 2 is 1.48 bits per heavy atom. The minimum atomic E-state index is -1.39. The van der Waals surface area contributed by atoms with E-state index in [1.165, 1.54) is 0 Å². The van der Waals surface area contributed by atoms with Gasteiger partial charge in [-0.15, -0.1) is 0 Å². The van der Waals surface area contributed by atoms with Crippen LogP contribution in [0.15, 0.2) is 0 Å². The van der Waals surface area contributed by atoms with Gasteiger partial charge in [0, 0.05) is 33.1 Å². The maximum absolute atomic E-state index is 11.6. The molecule has 130 valence electrons. The zero-order valence-corrected chi connectivity index (χ0v) is 12.2. The molecule has 1 aliphatic heterocycles. The van der Waals surface area contributed by atoms with Gasteiger partial charge in [0.2, 0.25) is 0 Å². The van der Waals surface area contributed by atoms with E-state index in [-0.39, 0.29) is 6.61 Å². The number of ether oxygens (including phenoxy) is 5. The molecule has 9 nitrogen and oxygen atoms in total. The average Bonchev–Trinajstić information content (AvgIpc) is 2.68. The van der Waals surface area contributed by atoms with Crippen LogP contribution >= 0.6 is 0 Å².